The first-order valence-electron chi connectivity index (χ1n) is 9.56. The van der Waals surface area contributed by atoms with E-state index in [1.807, 2.05) is 48.5 Å². The summed E-state index contributed by atoms with van der Waals surface area (Å²) in [5.74, 6) is 2.37. The number of benzene rings is 3. The Morgan fingerprint density at radius 1 is 0.828 bits per heavy atom. The van der Waals surface area contributed by atoms with E-state index < -0.39 is 0 Å². The number of nitrogens with one attached hydrogen (secondary N) is 1. The fourth-order valence-electron chi connectivity index (χ4n) is 3.01. The average Bonchev–Trinajstić information content (AvgIpc) is 2.77. The molecule has 0 aliphatic heterocycles. The van der Waals surface area contributed by atoms with Gasteiger partial charge in [-0.05, 0) is 54.4 Å². The van der Waals surface area contributed by atoms with E-state index >= 15 is 0 Å². The van der Waals surface area contributed by atoms with Crippen LogP contribution in [0.25, 0.3) is 0 Å². The van der Waals surface area contributed by atoms with Crippen LogP contribution >= 0.6 is 11.6 Å². The van der Waals surface area contributed by atoms with Crippen molar-refractivity contribution in [2.24, 2.45) is 0 Å². The second-order valence-corrected chi connectivity index (χ2v) is 7.07. The topological polar surface area (TPSA) is 39.7 Å². The van der Waals surface area contributed by atoms with Gasteiger partial charge in [0.15, 0.2) is 11.5 Å². The summed E-state index contributed by atoms with van der Waals surface area (Å²) in [5.41, 5.74) is 3.38. The number of para-hydroxylation sites is 1. The third kappa shape index (κ3) is 6.14. The summed E-state index contributed by atoms with van der Waals surface area (Å²) in [6.45, 7) is 2.01. The highest BCUT2D eigenvalue weighted by Crippen LogP contribution is 2.32. The van der Waals surface area contributed by atoms with Crippen molar-refractivity contribution in [1.82, 2.24) is 5.32 Å². The largest absolute Gasteiger partial charge is 0.497 e. The zero-order valence-corrected chi connectivity index (χ0v) is 17.5. The van der Waals surface area contributed by atoms with Gasteiger partial charge in [-0.3, -0.25) is 0 Å². The van der Waals surface area contributed by atoms with Gasteiger partial charge in [-0.2, -0.15) is 0 Å². The van der Waals surface area contributed by atoms with E-state index in [-0.39, 0.29) is 0 Å². The maximum atomic E-state index is 6.10. The molecule has 0 aromatic heterocycles. The van der Waals surface area contributed by atoms with E-state index in [4.69, 9.17) is 25.8 Å². The molecule has 3 aromatic carbocycles. The molecule has 0 spiro atoms. The Morgan fingerprint density at radius 3 is 2.24 bits per heavy atom. The van der Waals surface area contributed by atoms with Crippen molar-refractivity contribution in [3.63, 3.8) is 0 Å². The van der Waals surface area contributed by atoms with Crippen molar-refractivity contribution in [2.45, 2.75) is 19.6 Å². The normalized spacial score (nSPS) is 10.6. The highest BCUT2D eigenvalue weighted by Gasteiger charge is 2.11. The molecule has 3 rings (SSSR count). The van der Waals surface area contributed by atoms with Crippen molar-refractivity contribution in [1.29, 1.82) is 0 Å². The second kappa shape index (κ2) is 10.7. The van der Waals surface area contributed by atoms with Crippen LogP contribution in [0.2, 0.25) is 5.02 Å². The minimum Gasteiger partial charge on any atom is -0.497 e. The lowest BCUT2D eigenvalue weighted by Crippen LogP contribution is -2.17. The SMILES string of the molecule is COc1ccc(CCNCc2cccc(OC)c2OCc2ccc(Cl)cc2)cc1. The Labute approximate surface area is 177 Å². The van der Waals surface area contributed by atoms with Gasteiger partial charge in [-0.15, -0.1) is 0 Å². The zero-order valence-electron chi connectivity index (χ0n) is 16.8. The molecule has 0 unspecified atom stereocenters. The van der Waals surface area contributed by atoms with Gasteiger partial charge in [-0.25, -0.2) is 0 Å². The van der Waals surface area contributed by atoms with Gasteiger partial charge in [0.05, 0.1) is 14.2 Å². The molecule has 0 bridgehead atoms. The quantitative estimate of drug-likeness (QED) is 0.461. The maximum Gasteiger partial charge on any atom is 0.166 e. The molecule has 3 aromatic rings. The fraction of sp³-hybridized carbons (Fsp3) is 0.250. The lowest BCUT2D eigenvalue weighted by Gasteiger charge is -2.16. The molecule has 0 radical (unpaired) electrons. The van der Waals surface area contributed by atoms with Gasteiger partial charge in [-0.1, -0.05) is 48.0 Å². The zero-order chi connectivity index (χ0) is 20.5. The smallest absolute Gasteiger partial charge is 0.166 e. The number of ether oxygens (including phenoxy) is 3. The predicted octanol–water partition coefficient (Wildman–Crippen LogP) is 5.27. The molecular weight excluding hydrogens is 386 g/mol. The Morgan fingerprint density at radius 2 is 1.55 bits per heavy atom. The Bertz CT molecular complexity index is 895. The number of halogens is 1. The molecule has 0 saturated carbocycles. The predicted molar refractivity (Wildman–Crippen MR) is 117 cm³/mol. The average molecular weight is 412 g/mol. The summed E-state index contributed by atoms with van der Waals surface area (Å²) >= 11 is 5.96. The monoisotopic (exact) mass is 411 g/mol. The van der Waals surface area contributed by atoms with Crippen LogP contribution in [0.1, 0.15) is 16.7 Å². The third-order valence-corrected chi connectivity index (χ3v) is 4.89. The molecule has 0 saturated heterocycles. The molecule has 0 aliphatic rings. The van der Waals surface area contributed by atoms with Crippen LogP contribution in [-0.4, -0.2) is 20.8 Å². The second-order valence-electron chi connectivity index (χ2n) is 6.64. The number of methoxy groups -OCH3 is 2. The molecule has 4 nitrogen and oxygen atoms in total. The van der Waals surface area contributed by atoms with Crippen LogP contribution < -0.4 is 19.5 Å². The van der Waals surface area contributed by atoms with Crippen molar-refractivity contribution in [3.05, 3.63) is 88.4 Å². The molecule has 0 amide bonds. The van der Waals surface area contributed by atoms with Crippen LogP contribution in [0, 0.1) is 0 Å². The minimum atomic E-state index is 0.455. The summed E-state index contributed by atoms with van der Waals surface area (Å²) < 4.78 is 16.8. The van der Waals surface area contributed by atoms with Crippen molar-refractivity contribution in [3.8, 4) is 17.2 Å². The molecule has 0 atom stereocenters. The Balaban J connectivity index is 1.58. The van der Waals surface area contributed by atoms with Crippen LogP contribution in [-0.2, 0) is 19.6 Å². The molecule has 5 heteroatoms. The molecule has 0 aliphatic carbocycles. The minimum absolute atomic E-state index is 0.455. The highest BCUT2D eigenvalue weighted by molar-refractivity contribution is 6.30. The lowest BCUT2D eigenvalue weighted by molar-refractivity contribution is 0.280. The molecule has 152 valence electrons. The summed E-state index contributed by atoms with van der Waals surface area (Å²) in [6.07, 6.45) is 0.939. The first kappa shape index (κ1) is 21.0. The molecule has 0 fully saturated rings. The van der Waals surface area contributed by atoms with E-state index in [0.717, 1.165) is 41.3 Å². The first-order chi connectivity index (χ1) is 14.2. The van der Waals surface area contributed by atoms with Gasteiger partial charge in [0, 0.05) is 17.1 Å². The lowest BCUT2D eigenvalue weighted by atomic mass is 10.1. The van der Waals surface area contributed by atoms with E-state index in [9.17, 15) is 0 Å². The standard InChI is InChI=1S/C24H26ClNO3/c1-27-22-12-8-18(9-13-22)14-15-26-16-20-4-3-5-23(28-2)24(20)29-17-19-6-10-21(25)11-7-19/h3-13,26H,14-17H2,1-2H3. The van der Waals surface area contributed by atoms with E-state index in [0.29, 0.717) is 18.2 Å². The molecule has 29 heavy (non-hydrogen) atoms. The van der Waals surface area contributed by atoms with Gasteiger partial charge >= 0.3 is 0 Å². The van der Waals surface area contributed by atoms with Crippen molar-refractivity contribution >= 4 is 11.6 Å². The van der Waals surface area contributed by atoms with Crippen LogP contribution in [0.3, 0.4) is 0 Å². The van der Waals surface area contributed by atoms with Crippen LogP contribution in [0.5, 0.6) is 17.2 Å². The highest BCUT2D eigenvalue weighted by atomic mass is 35.5. The number of hydrogen-bond donors (Lipinski definition) is 1. The first-order valence-corrected chi connectivity index (χ1v) is 9.94. The summed E-state index contributed by atoms with van der Waals surface area (Å²) in [4.78, 5) is 0. The van der Waals surface area contributed by atoms with Crippen molar-refractivity contribution in [2.75, 3.05) is 20.8 Å². The molecule has 1 N–H and O–H groups in total. The van der Waals surface area contributed by atoms with E-state index in [1.54, 1.807) is 14.2 Å². The van der Waals surface area contributed by atoms with Crippen LogP contribution in [0.4, 0.5) is 0 Å². The summed E-state index contributed by atoms with van der Waals surface area (Å²) in [6, 6.07) is 21.8. The van der Waals surface area contributed by atoms with Crippen LogP contribution in [0.15, 0.2) is 66.7 Å². The third-order valence-electron chi connectivity index (χ3n) is 4.64. The fourth-order valence-corrected chi connectivity index (χ4v) is 3.14. The molecular formula is C24H26ClNO3. The maximum absolute atomic E-state index is 6.10. The van der Waals surface area contributed by atoms with Gasteiger partial charge in [0.1, 0.15) is 12.4 Å². The number of rotatable bonds is 10. The molecule has 0 heterocycles. The Kier molecular flexibility index (Phi) is 7.79. The van der Waals surface area contributed by atoms with Gasteiger partial charge in [0.2, 0.25) is 0 Å². The van der Waals surface area contributed by atoms with Gasteiger partial charge < -0.3 is 19.5 Å². The summed E-state index contributed by atoms with van der Waals surface area (Å²) in [5, 5.41) is 4.21. The van der Waals surface area contributed by atoms with E-state index in [2.05, 4.69) is 23.5 Å². The number of hydrogen-bond acceptors (Lipinski definition) is 4. The van der Waals surface area contributed by atoms with Crippen molar-refractivity contribution < 1.29 is 14.2 Å². The van der Waals surface area contributed by atoms with Gasteiger partial charge in [0.25, 0.3) is 0 Å². The Hall–Kier alpha value is -2.69. The summed E-state index contributed by atoms with van der Waals surface area (Å²) in [7, 11) is 3.34. The van der Waals surface area contributed by atoms with E-state index in [1.165, 1.54) is 5.56 Å².